The molecule has 0 aliphatic heterocycles. The topological polar surface area (TPSA) is 72.2 Å². The Morgan fingerprint density at radius 2 is 1.80 bits per heavy atom. The summed E-state index contributed by atoms with van der Waals surface area (Å²) in [5.74, 6) is 0.360. The standard InChI is InChI=1S/C14H21BrN2O2S/c15-12-6-8-13(9-7-12)20(18,19)17-14(10-16)11-4-2-1-3-5-11/h6-9,11,14,17H,1-5,10,16H2. The van der Waals surface area contributed by atoms with Crippen LogP contribution in [0.3, 0.4) is 0 Å². The summed E-state index contributed by atoms with van der Waals surface area (Å²) in [5.41, 5.74) is 5.78. The number of halogens is 1. The highest BCUT2D eigenvalue weighted by Gasteiger charge is 2.27. The van der Waals surface area contributed by atoms with E-state index in [2.05, 4.69) is 20.7 Å². The second-order valence-corrected chi connectivity index (χ2v) is 7.95. The minimum absolute atomic E-state index is 0.163. The predicted octanol–water partition coefficient (Wildman–Crippen LogP) is 2.64. The summed E-state index contributed by atoms with van der Waals surface area (Å²) in [6.07, 6.45) is 5.70. The fourth-order valence-electron chi connectivity index (χ4n) is 2.75. The second kappa shape index (κ2) is 7.02. The van der Waals surface area contributed by atoms with Crippen LogP contribution in [0.2, 0.25) is 0 Å². The predicted molar refractivity (Wildman–Crippen MR) is 83.9 cm³/mol. The summed E-state index contributed by atoms with van der Waals surface area (Å²) in [5, 5.41) is 0. The van der Waals surface area contributed by atoms with Gasteiger partial charge >= 0.3 is 0 Å². The van der Waals surface area contributed by atoms with E-state index in [1.165, 1.54) is 19.3 Å². The molecule has 2 rings (SSSR count). The molecule has 4 nitrogen and oxygen atoms in total. The van der Waals surface area contributed by atoms with Crippen LogP contribution in [-0.4, -0.2) is 21.0 Å². The summed E-state index contributed by atoms with van der Waals surface area (Å²) >= 11 is 3.30. The third-order valence-corrected chi connectivity index (χ3v) is 5.94. The fourth-order valence-corrected chi connectivity index (χ4v) is 4.34. The third-order valence-electron chi connectivity index (χ3n) is 3.90. The van der Waals surface area contributed by atoms with Crippen LogP contribution in [0.1, 0.15) is 32.1 Å². The Hall–Kier alpha value is -0.430. The molecule has 0 aromatic heterocycles. The van der Waals surface area contributed by atoms with Gasteiger partial charge in [0.2, 0.25) is 10.0 Å². The largest absolute Gasteiger partial charge is 0.329 e. The molecule has 0 bridgehead atoms. The summed E-state index contributed by atoms with van der Waals surface area (Å²) in [7, 11) is -3.49. The normalized spacial score (nSPS) is 18.9. The van der Waals surface area contributed by atoms with Gasteiger partial charge in [-0.05, 0) is 43.0 Å². The molecule has 0 heterocycles. The summed E-state index contributed by atoms with van der Waals surface area (Å²) in [6, 6.07) is 6.49. The first kappa shape index (κ1) is 15.9. The van der Waals surface area contributed by atoms with Gasteiger partial charge in [0.05, 0.1) is 4.90 Å². The Balaban J connectivity index is 2.10. The number of nitrogens with two attached hydrogens (primary N) is 1. The molecule has 20 heavy (non-hydrogen) atoms. The molecular weight excluding hydrogens is 340 g/mol. The van der Waals surface area contributed by atoms with Crippen LogP contribution in [-0.2, 0) is 10.0 Å². The monoisotopic (exact) mass is 360 g/mol. The van der Waals surface area contributed by atoms with Crippen molar-refractivity contribution in [2.75, 3.05) is 6.54 Å². The SMILES string of the molecule is NCC(NS(=O)(=O)c1ccc(Br)cc1)C1CCCCC1. The molecule has 3 N–H and O–H groups in total. The molecule has 0 saturated heterocycles. The molecule has 0 radical (unpaired) electrons. The molecule has 1 fully saturated rings. The van der Waals surface area contributed by atoms with Gasteiger partial charge in [-0.1, -0.05) is 35.2 Å². The maximum absolute atomic E-state index is 12.4. The molecule has 1 unspecified atom stereocenters. The van der Waals surface area contributed by atoms with Gasteiger partial charge in [-0.2, -0.15) is 0 Å². The van der Waals surface area contributed by atoms with Crippen molar-refractivity contribution in [3.63, 3.8) is 0 Å². The Labute approximate surface area is 129 Å². The highest BCUT2D eigenvalue weighted by atomic mass is 79.9. The maximum Gasteiger partial charge on any atom is 0.240 e. The van der Waals surface area contributed by atoms with Crippen LogP contribution >= 0.6 is 15.9 Å². The molecular formula is C14H21BrN2O2S. The second-order valence-electron chi connectivity index (χ2n) is 5.32. The molecule has 1 aliphatic rings. The Kier molecular flexibility index (Phi) is 5.60. The highest BCUT2D eigenvalue weighted by molar-refractivity contribution is 9.10. The van der Waals surface area contributed by atoms with Gasteiger partial charge in [-0.25, -0.2) is 13.1 Å². The van der Waals surface area contributed by atoms with Crippen LogP contribution in [0.4, 0.5) is 0 Å². The first-order chi connectivity index (χ1) is 9.53. The molecule has 1 aromatic rings. The van der Waals surface area contributed by atoms with Crippen LogP contribution in [0.25, 0.3) is 0 Å². The molecule has 1 saturated carbocycles. The van der Waals surface area contributed by atoms with Crippen LogP contribution < -0.4 is 10.5 Å². The Bertz CT molecular complexity index is 525. The van der Waals surface area contributed by atoms with Gasteiger partial charge < -0.3 is 5.73 Å². The van der Waals surface area contributed by atoms with Crippen molar-refractivity contribution in [2.24, 2.45) is 11.7 Å². The number of hydrogen-bond acceptors (Lipinski definition) is 3. The van der Waals surface area contributed by atoms with E-state index in [1.54, 1.807) is 24.3 Å². The zero-order valence-electron chi connectivity index (χ0n) is 11.4. The summed E-state index contributed by atoms with van der Waals surface area (Å²) < 4.78 is 28.4. The lowest BCUT2D eigenvalue weighted by molar-refractivity contribution is 0.294. The number of benzene rings is 1. The molecule has 112 valence electrons. The lowest BCUT2D eigenvalue weighted by Crippen LogP contribution is -2.45. The van der Waals surface area contributed by atoms with E-state index in [0.717, 1.165) is 17.3 Å². The van der Waals surface area contributed by atoms with Crippen molar-refractivity contribution in [3.8, 4) is 0 Å². The average molecular weight is 361 g/mol. The molecule has 6 heteroatoms. The Morgan fingerprint density at radius 1 is 1.20 bits per heavy atom. The third kappa shape index (κ3) is 4.04. The number of rotatable bonds is 5. The van der Waals surface area contributed by atoms with Crippen molar-refractivity contribution in [1.29, 1.82) is 0 Å². The minimum atomic E-state index is -3.49. The molecule has 0 spiro atoms. The van der Waals surface area contributed by atoms with Crippen molar-refractivity contribution in [1.82, 2.24) is 4.72 Å². The number of sulfonamides is 1. The van der Waals surface area contributed by atoms with E-state index >= 15 is 0 Å². The minimum Gasteiger partial charge on any atom is -0.329 e. The maximum atomic E-state index is 12.4. The van der Waals surface area contributed by atoms with Gasteiger partial charge in [-0.15, -0.1) is 0 Å². The van der Waals surface area contributed by atoms with Crippen molar-refractivity contribution < 1.29 is 8.42 Å². The fraction of sp³-hybridized carbons (Fsp3) is 0.571. The van der Waals surface area contributed by atoms with Gasteiger partial charge in [-0.3, -0.25) is 0 Å². The van der Waals surface area contributed by atoms with Crippen LogP contribution in [0.15, 0.2) is 33.6 Å². The van der Waals surface area contributed by atoms with E-state index in [-0.39, 0.29) is 10.9 Å². The van der Waals surface area contributed by atoms with E-state index in [4.69, 9.17) is 5.73 Å². The lowest BCUT2D eigenvalue weighted by Gasteiger charge is -2.29. The lowest BCUT2D eigenvalue weighted by atomic mass is 9.84. The van der Waals surface area contributed by atoms with E-state index in [1.807, 2.05) is 0 Å². The first-order valence-electron chi connectivity index (χ1n) is 7.01. The first-order valence-corrected chi connectivity index (χ1v) is 9.28. The van der Waals surface area contributed by atoms with Crippen molar-refractivity contribution in [2.45, 2.75) is 43.0 Å². The van der Waals surface area contributed by atoms with Crippen molar-refractivity contribution >= 4 is 26.0 Å². The smallest absolute Gasteiger partial charge is 0.240 e. The van der Waals surface area contributed by atoms with E-state index in [0.29, 0.717) is 12.5 Å². The molecule has 1 aliphatic carbocycles. The van der Waals surface area contributed by atoms with Gasteiger partial charge in [0, 0.05) is 17.1 Å². The Morgan fingerprint density at radius 3 is 2.35 bits per heavy atom. The van der Waals surface area contributed by atoms with E-state index < -0.39 is 10.0 Å². The summed E-state index contributed by atoms with van der Waals surface area (Å²) in [6.45, 7) is 0.348. The zero-order valence-corrected chi connectivity index (χ0v) is 13.8. The molecule has 1 atom stereocenters. The van der Waals surface area contributed by atoms with Crippen molar-refractivity contribution in [3.05, 3.63) is 28.7 Å². The molecule has 1 aromatic carbocycles. The highest BCUT2D eigenvalue weighted by Crippen LogP contribution is 2.27. The molecule has 0 amide bonds. The van der Waals surface area contributed by atoms with Crippen LogP contribution in [0.5, 0.6) is 0 Å². The number of hydrogen-bond donors (Lipinski definition) is 2. The van der Waals surface area contributed by atoms with Gasteiger partial charge in [0.25, 0.3) is 0 Å². The van der Waals surface area contributed by atoms with E-state index in [9.17, 15) is 8.42 Å². The number of nitrogens with one attached hydrogen (secondary N) is 1. The summed E-state index contributed by atoms with van der Waals surface area (Å²) in [4.78, 5) is 0.287. The van der Waals surface area contributed by atoms with Crippen LogP contribution in [0, 0.1) is 5.92 Å². The van der Waals surface area contributed by atoms with Gasteiger partial charge in [0.15, 0.2) is 0 Å². The average Bonchev–Trinajstić information content (AvgIpc) is 2.46. The van der Waals surface area contributed by atoms with Gasteiger partial charge in [0.1, 0.15) is 0 Å². The quantitative estimate of drug-likeness (QED) is 0.847. The zero-order chi connectivity index (χ0) is 14.6.